The van der Waals surface area contributed by atoms with Crippen LogP contribution >= 0.6 is 0 Å². The number of hydrogen-bond acceptors (Lipinski definition) is 1. The van der Waals surface area contributed by atoms with Gasteiger partial charge >= 0.3 is 0 Å². The summed E-state index contributed by atoms with van der Waals surface area (Å²) in [4.78, 5) is 14.3. The molecule has 0 atom stereocenters. The number of rotatable bonds is 2. The third kappa shape index (κ3) is 2.53. The van der Waals surface area contributed by atoms with Crippen LogP contribution in [0.25, 0.3) is 10.8 Å². The number of piperidine rings is 1. The van der Waals surface area contributed by atoms with E-state index in [1.54, 1.807) is 0 Å². The van der Waals surface area contributed by atoms with E-state index in [0.717, 1.165) is 29.2 Å². The molecule has 104 valence electrons. The summed E-state index contributed by atoms with van der Waals surface area (Å²) in [6, 6.07) is 13.8. The van der Waals surface area contributed by atoms with Crippen LogP contribution in [0.4, 0.5) is 4.39 Å². The maximum absolute atomic E-state index is 12.6. The van der Waals surface area contributed by atoms with Crippen LogP contribution in [0.5, 0.6) is 0 Å². The van der Waals surface area contributed by atoms with Gasteiger partial charge in [-0.25, -0.2) is 0 Å². The fourth-order valence-corrected chi connectivity index (χ4v) is 2.80. The largest absolute Gasteiger partial charge is 0.339 e. The smallest absolute Gasteiger partial charge is 0.253 e. The predicted octanol–water partition coefficient (Wildman–Crippen LogP) is 3.66. The standard InChI is InChI=1S/C17H18FNO/c18-12-13-7-9-19(10-8-13)17(20)16-6-5-14-3-1-2-4-15(14)11-16/h1-6,11,13H,7-10,12H2. The number of amides is 1. The Morgan fingerprint density at radius 3 is 2.50 bits per heavy atom. The van der Waals surface area contributed by atoms with Crippen LogP contribution in [0.1, 0.15) is 23.2 Å². The fourth-order valence-electron chi connectivity index (χ4n) is 2.80. The van der Waals surface area contributed by atoms with Gasteiger partial charge in [0.2, 0.25) is 0 Å². The molecule has 1 aliphatic heterocycles. The van der Waals surface area contributed by atoms with E-state index in [9.17, 15) is 9.18 Å². The lowest BCUT2D eigenvalue weighted by Gasteiger charge is -2.30. The van der Waals surface area contributed by atoms with Crippen molar-refractivity contribution in [3.8, 4) is 0 Å². The van der Waals surface area contributed by atoms with E-state index in [2.05, 4.69) is 0 Å². The highest BCUT2D eigenvalue weighted by Gasteiger charge is 2.23. The van der Waals surface area contributed by atoms with E-state index in [1.807, 2.05) is 47.4 Å². The Balaban J connectivity index is 1.79. The molecule has 1 fully saturated rings. The van der Waals surface area contributed by atoms with Crippen LogP contribution in [0.15, 0.2) is 42.5 Å². The van der Waals surface area contributed by atoms with Crippen LogP contribution in [0.2, 0.25) is 0 Å². The molecule has 2 aromatic carbocycles. The van der Waals surface area contributed by atoms with Gasteiger partial charge in [0.15, 0.2) is 0 Å². The zero-order valence-electron chi connectivity index (χ0n) is 11.4. The zero-order valence-corrected chi connectivity index (χ0v) is 11.4. The van der Waals surface area contributed by atoms with Gasteiger partial charge < -0.3 is 4.90 Å². The third-order valence-electron chi connectivity index (χ3n) is 4.12. The second-order valence-corrected chi connectivity index (χ2v) is 5.45. The highest BCUT2D eigenvalue weighted by atomic mass is 19.1. The van der Waals surface area contributed by atoms with Crippen molar-refractivity contribution in [3.05, 3.63) is 48.0 Å². The van der Waals surface area contributed by atoms with Crippen molar-refractivity contribution in [2.75, 3.05) is 19.8 Å². The molecule has 0 radical (unpaired) electrons. The number of halogens is 1. The van der Waals surface area contributed by atoms with E-state index in [0.29, 0.717) is 13.1 Å². The van der Waals surface area contributed by atoms with Crippen molar-refractivity contribution in [3.63, 3.8) is 0 Å². The van der Waals surface area contributed by atoms with Crippen molar-refractivity contribution in [2.24, 2.45) is 5.92 Å². The number of likely N-dealkylation sites (tertiary alicyclic amines) is 1. The highest BCUT2D eigenvalue weighted by Crippen LogP contribution is 2.21. The second kappa shape index (κ2) is 5.61. The highest BCUT2D eigenvalue weighted by molar-refractivity contribution is 5.98. The molecule has 20 heavy (non-hydrogen) atoms. The number of benzene rings is 2. The fraction of sp³-hybridized carbons (Fsp3) is 0.353. The summed E-state index contributed by atoms with van der Waals surface area (Å²) in [7, 11) is 0. The van der Waals surface area contributed by atoms with E-state index in [-0.39, 0.29) is 18.5 Å². The molecule has 0 N–H and O–H groups in total. The van der Waals surface area contributed by atoms with Crippen LogP contribution in [0.3, 0.4) is 0 Å². The summed E-state index contributed by atoms with van der Waals surface area (Å²) in [5, 5.41) is 2.22. The molecule has 0 unspecified atom stereocenters. The summed E-state index contributed by atoms with van der Waals surface area (Å²) in [5.41, 5.74) is 0.724. The molecule has 1 heterocycles. The first-order valence-corrected chi connectivity index (χ1v) is 7.12. The number of nitrogens with zero attached hydrogens (tertiary/aromatic N) is 1. The number of alkyl halides is 1. The first-order valence-electron chi connectivity index (χ1n) is 7.12. The average molecular weight is 271 g/mol. The number of carbonyl (C=O) groups excluding carboxylic acids is 1. The molecule has 2 aromatic rings. The summed E-state index contributed by atoms with van der Waals surface area (Å²) in [6.45, 7) is 1.07. The van der Waals surface area contributed by atoms with Gasteiger partial charge in [-0.15, -0.1) is 0 Å². The zero-order chi connectivity index (χ0) is 13.9. The Morgan fingerprint density at radius 2 is 1.80 bits per heavy atom. The molecule has 0 spiro atoms. The summed E-state index contributed by atoms with van der Waals surface area (Å²) in [5.74, 6) is 0.198. The average Bonchev–Trinajstić information content (AvgIpc) is 2.54. The third-order valence-corrected chi connectivity index (χ3v) is 4.12. The van der Waals surface area contributed by atoms with Gasteiger partial charge in [-0.05, 0) is 41.7 Å². The van der Waals surface area contributed by atoms with Gasteiger partial charge in [0, 0.05) is 18.7 Å². The van der Waals surface area contributed by atoms with E-state index in [1.165, 1.54) is 0 Å². The number of fused-ring (bicyclic) bond motifs is 1. The van der Waals surface area contributed by atoms with E-state index >= 15 is 0 Å². The molecule has 3 rings (SSSR count). The normalized spacial score (nSPS) is 16.6. The molecule has 3 heteroatoms. The van der Waals surface area contributed by atoms with Crippen molar-refractivity contribution in [1.82, 2.24) is 4.90 Å². The molecule has 0 saturated carbocycles. The van der Waals surface area contributed by atoms with Crippen LogP contribution < -0.4 is 0 Å². The van der Waals surface area contributed by atoms with Gasteiger partial charge in [-0.2, -0.15) is 0 Å². The van der Waals surface area contributed by atoms with Crippen molar-refractivity contribution in [2.45, 2.75) is 12.8 Å². The molecule has 2 nitrogen and oxygen atoms in total. The van der Waals surface area contributed by atoms with Gasteiger partial charge in [0.05, 0.1) is 6.67 Å². The maximum atomic E-state index is 12.6. The Labute approximate surface area is 118 Å². The number of hydrogen-bond donors (Lipinski definition) is 0. The quantitative estimate of drug-likeness (QED) is 0.816. The van der Waals surface area contributed by atoms with Gasteiger partial charge in [0.1, 0.15) is 0 Å². The number of carbonyl (C=O) groups is 1. The molecule has 1 aliphatic rings. The Morgan fingerprint density at radius 1 is 1.10 bits per heavy atom. The van der Waals surface area contributed by atoms with E-state index < -0.39 is 0 Å². The topological polar surface area (TPSA) is 20.3 Å². The lowest BCUT2D eigenvalue weighted by Crippen LogP contribution is -2.38. The van der Waals surface area contributed by atoms with Gasteiger partial charge in [-0.3, -0.25) is 9.18 Å². The lowest BCUT2D eigenvalue weighted by atomic mass is 9.97. The molecule has 1 saturated heterocycles. The molecular formula is C17H18FNO. The summed E-state index contributed by atoms with van der Waals surface area (Å²) in [6.07, 6.45) is 1.55. The van der Waals surface area contributed by atoms with Crippen LogP contribution in [0, 0.1) is 5.92 Å². The Bertz CT molecular complexity index is 617. The van der Waals surface area contributed by atoms with Gasteiger partial charge in [0.25, 0.3) is 5.91 Å². The van der Waals surface area contributed by atoms with Crippen molar-refractivity contribution < 1.29 is 9.18 Å². The molecule has 0 aromatic heterocycles. The van der Waals surface area contributed by atoms with Crippen molar-refractivity contribution in [1.29, 1.82) is 0 Å². The minimum absolute atomic E-state index is 0.0630. The first-order chi connectivity index (χ1) is 9.78. The Hall–Kier alpha value is -1.90. The maximum Gasteiger partial charge on any atom is 0.253 e. The summed E-state index contributed by atoms with van der Waals surface area (Å²) < 4.78 is 12.6. The van der Waals surface area contributed by atoms with Crippen molar-refractivity contribution >= 4 is 16.7 Å². The predicted molar refractivity (Wildman–Crippen MR) is 78.6 cm³/mol. The first kappa shape index (κ1) is 13.1. The lowest BCUT2D eigenvalue weighted by molar-refractivity contribution is 0.0678. The Kier molecular flexibility index (Phi) is 3.68. The summed E-state index contributed by atoms with van der Waals surface area (Å²) >= 11 is 0. The molecular weight excluding hydrogens is 253 g/mol. The monoisotopic (exact) mass is 271 g/mol. The van der Waals surface area contributed by atoms with Crippen LogP contribution in [-0.2, 0) is 0 Å². The molecule has 0 bridgehead atoms. The van der Waals surface area contributed by atoms with E-state index in [4.69, 9.17) is 0 Å². The SMILES string of the molecule is O=C(c1ccc2ccccc2c1)N1CCC(CF)CC1. The minimum Gasteiger partial charge on any atom is -0.339 e. The van der Waals surface area contributed by atoms with Crippen LogP contribution in [-0.4, -0.2) is 30.6 Å². The molecule has 1 amide bonds. The molecule has 0 aliphatic carbocycles. The van der Waals surface area contributed by atoms with Gasteiger partial charge in [-0.1, -0.05) is 30.3 Å². The minimum atomic E-state index is -0.266. The second-order valence-electron chi connectivity index (χ2n) is 5.45.